The molecule has 5 heteroatoms. The summed E-state index contributed by atoms with van der Waals surface area (Å²) in [5, 5.41) is 6.16. The van der Waals surface area contributed by atoms with Crippen LogP contribution in [0.2, 0.25) is 0 Å². The number of aryl methyl sites for hydroxylation is 1. The number of carbonyl (C=O) groups excluding carboxylic acids is 1. The van der Waals surface area contributed by atoms with Crippen molar-refractivity contribution in [3.05, 3.63) is 83.9 Å². The Morgan fingerprint density at radius 2 is 1.68 bits per heavy atom. The van der Waals surface area contributed by atoms with Gasteiger partial charge in [-0.25, -0.2) is 0 Å². The normalized spacial score (nSPS) is 10.3. The van der Waals surface area contributed by atoms with Gasteiger partial charge in [0.25, 0.3) is 5.91 Å². The maximum atomic E-state index is 12.4. The highest BCUT2D eigenvalue weighted by molar-refractivity contribution is 6.04. The van der Waals surface area contributed by atoms with Crippen molar-refractivity contribution in [3.8, 4) is 0 Å². The lowest BCUT2D eigenvalue weighted by Crippen LogP contribution is -2.12. The van der Waals surface area contributed by atoms with E-state index in [1.54, 1.807) is 30.9 Å². The van der Waals surface area contributed by atoms with Crippen molar-refractivity contribution in [2.45, 2.75) is 19.9 Å². The molecule has 0 spiro atoms. The second-order valence-corrected chi connectivity index (χ2v) is 5.68. The lowest BCUT2D eigenvalue weighted by molar-refractivity contribution is 0.102. The molecule has 2 N–H and O–H groups in total. The summed E-state index contributed by atoms with van der Waals surface area (Å²) in [7, 11) is 0. The Morgan fingerprint density at radius 3 is 2.40 bits per heavy atom. The molecule has 5 nitrogen and oxygen atoms in total. The molecule has 3 rings (SSSR count). The van der Waals surface area contributed by atoms with Gasteiger partial charge in [-0.3, -0.25) is 14.8 Å². The number of carbonyl (C=O) groups is 1. The van der Waals surface area contributed by atoms with E-state index in [2.05, 4.69) is 27.5 Å². The fraction of sp³-hybridized carbons (Fsp3) is 0.150. The van der Waals surface area contributed by atoms with E-state index >= 15 is 0 Å². The lowest BCUT2D eigenvalue weighted by atomic mass is 10.1. The molecule has 0 saturated carbocycles. The zero-order valence-electron chi connectivity index (χ0n) is 14.1. The highest BCUT2D eigenvalue weighted by Crippen LogP contribution is 2.14. The van der Waals surface area contributed by atoms with Gasteiger partial charge in [-0.15, -0.1) is 0 Å². The van der Waals surface area contributed by atoms with Gasteiger partial charge in [-0.2, -0.15) is 0 Å². The first-order chi connectivity index (χ1) is 12.2. The Hall–Kier alpha value is -3.21. The number of nitrogens with one attached hydrogen (secondary N) is 2. The van der Waals surface area contributed by atoms with Crippen molar-refractivity contribution in [3.63, 3.8) is 0 Å². The second-order valence-electron chi connectivity index (χ2n) is 5.68. The summed E-state index contributed by atoms with van der Waals surface area (Å²) in [5.74, 6) is -0.177. The number of pyridine rings is 2. The maximum absolute atomic E-state index is 12.4. The number of amides is 1. The Morgan fingerprint density at radius 1 is 0.920 bits per heavy atom. The van der Waals surface area contributed by atoms with Crippen LogP contribution in [0.3, 0.4) is 0 Å². The molecule has 126 valence electrons. The molecule has 2 heterocycles. The Labute approximate surface area is 147 Å². The number of aromatic nitrogens is 2. The van der Waals surface area contributed by atoms with Gasteiger partial charge in [-0.05, 0) is 47.9 Å². The summed E-state index contributed by atoms with van der Waals surface area (Å²) in [6.07, 6.45) is 7.75. The highest BCUT2D eigenvalue weighted by atomic mass is 16.1. The van der Waals surface area contributed by atoms with Crippen molar-refractivity contribution in [1.29, 1.82) is 0 Å². The molecule has 0 unspecified atom stereocenters. The van der Waals surface area contributed by atoms with E-state index in [-0.39, 0.29) is 5.91 Å². The minimum absolute atomic E-state index is 0.177. The second kappa shape index (κ2) is 8.06. The van der Waals surface area contributed by atoms with Crippen LogP contribution in [-0.2, 0) is 13.0 Å². The molecular weight excluding hydrogens is 312 g/mol. The van der Waals surface area contributed by atoms with Gasteiger partial charge in [-0.1, -0.05) is 19.1 Å². The molecule has 0 radical (unpaired) electrons. The van der Waals surface area contributed by atoms with E-state index in [0.29, 0.717) is 12.1 Å². The van der Waals surface area contributed by atoms with Gasteiger partial charge in [0, 0.05) is 37.0 Å². The van der Waals surface area contributed by atoms with Crippen molar-refractivity contribution in [2.24, 2.45) is 0 Å². The molecular formula is C20H20N4O. The number of nitrogens with zero attached hydrogens (tertiary/aromatic N) is 2. The third-order valence-electron chi connectivity index (χ3n) is 3.87. The Bertz CT molecular complexity index is 832. The number of benzene rings is 1. The van der Waals surface area contributed by atoms with E-state index in [1.165, 1.54) is 5.56 Å². The number of anilines is 2. The van der Waals surface area contributed by atoms with Gasteiger partial charge in [0.2, 0.25) is 0 Å². The quantitative estimate of drug-likeness (QED) is 0.718. The largest absolute Gasteiger partial charge is 0.380 e. The molecule has 1 amide bonds. The fourth-order valence-corrected chi connectivity index (χ4v) is 2.39. The smallest absolute Gasteiger partial charge is 0.257 e. The predicted molar refractivity (Wildman–Crippen MR) is 99.6 cm³/mol. The van der Waals surface area contributed by atoms with Crippen LogP contribution in [0.15, 0.2) is 67.3 Å². The SMILES string of the molecule is CCc1ccc(NC(=O)c2cncc(NCc3ccncc3)c2)cc1. The summed E-state index contributed by atoms with van der Waals surface area (Å²) in [6.45, 7) is 2.75. The standard InChI is InChI=1S/C20H20N4O/c1-2-15-3-5-18(6-4-15)24-20(25)17-11-19(14-22-13-17)23-12-16-7-9-21-10-8-16/h3-11,13-14,23H,2,12H2,1H3,(H,24,25). The van der Waals surface area contributed by atoms with Crippen LogP contribution < -0.4 is 10.6 Å². The predicted octanol–water partition coefficient (Wildman–Crippen LogP) is 3.90. The van der Waals surface area contributed by atoms with Crippen LogP contribution in [0.4, 0.5) is 11.4 Å². The van der Waals surface area contributed by atoms with E-state index in [0.717, 1.165) is 23.4 Å². The Balaban J connectivity index is 1.64. The molecule has 0 atom stereocenters. The van der Waals surface area contributed by atoms with Crippen LogP contribution in [0.25, 0.3) is 0 Å². The molecule has 0 fully saturated rings. The summed E-state index contributed by atoms with van der Waals surface area (Å²) in [5.41, 5.74) is 4.44. The molecule has 3 aromatic rings. The van der Waals surface area contributed by atoms with E-state index in [9.17, 15) is 4.79 Å². The zero-order valence-corrected chi connectivity index (χ0v) is 14.1. The van der Waals surface area contributed by atoms with Crippen molar-refractivity contribution < 1.29 is 4.79 Å². The summed E-state index contributed by atoms with van der Waals surface area (Å²) < 4.78 is 0. The maximum Gasteiger partial charge on any atom is 0.257 e. The molecule has 0 aliphatic rings. The van der Waals surface area contributed by atoms with Crippen LogP contribution >= 0.6 is 0 Å². The van der Waals surface area contributed by atoms with Gasteiger partial charge < -0.3 is 10.6 Å². The molecule has 0 aliphatic carbocycles. The molecule has 0 saturated heterocycles. The van der Waals surface area contributed by atoms with Crippen LogP contribution in [0.5, 0.6) is 0 Å². The number of hydrogen-bond donors (Lipinski definition) is 2. The lowest BCUT2D eigenvalue weighted by Gasteiger charge is -2.09. The van der Waals surface area contributed by atoms with Crippen LogP contribution in [-0.4, -0.2) is 15.9 Å². The average molecular weight is 332 g/mol. The van der Waals surface area contributed by atoms with Crippen molar-refractivity contribution in [1.82, 2.24) is 9.97 Å². The monoisotopic (exact) mass is 332 g/mol. The van der Waals surface area contributed by atoms with Gasteiger partial charge in [0.1, 0.15) is 0 Å². The van der Waals surface area contributed by atoms with E-state index in [1.807, 2.05) is 36.4 Å². The molecule has 0 bridgehead atoms. The Kier molecular flexibility index (Phi) is 5.36. The zero-order chi connectivity index (χ0) is 17.5. The topological polar surface area (TPSA) is 66.9 Å². The van der Waals surface area contributed by atoms with Gasteiger partial charge >= 0.3 is 0 Å². The molecule has 2 aromatic heterocycles. The number of hydrogen-bond acceptors (Lipinski definition) is 4. The number of rotatable bonds is 6. The third kappa shape index (κ3) is 4.64. The van der Waals surface area contributed by atoms with Crippen molar-refractivity contribution in [2.75, 3.05) is 10.6 Å². The van der Waals surface area contributed by atoms with Crippen LogP contribution in [0.1, 0.15) is 28.4 Å². The van der Waals surface area contributed by atoms with Crippen LogP contribution in [0, 0.1) is 0 Å². The van der Waals surface area contributed by atoms with E-state index < -0.39 is 0 Å². The molecule has 25 heavy (non-hydrogen) atoms. The first-order valence-corrected chi connectivity index (χ1v) is 8.22. The van der Waals surface area contributed by atoms with Crippen molar-refractivity contribution >= 4 is 17.3 Å². The summed E-state index contributed by atoms with van der Waals surface area (Å²) in [6, 6.07) is 13.5. The first kappa shape index (κ1) is 16.6. The van der Waals surface area contributed by atoms with Gasteiger partial charge in [0.05, 0.1) is 11.3 Å². The van der Waals surface area contributed by atoms with Gasteiger partial charge in [0.15, 0.2) is 0 Å². The minimum atomic E-state index is -0.177. The molecule has 1 aromatic carbocycles. The first-order valence-electron chi connectivity index (χ1n) is 8.22. The summed E-state index contributed by atoms with van der Waals surface area (Å²) in [4.78, 5) is 20.6. The highest BCUT2D eigenvalue weighted by Gasteiger charge is 2.07. The van der Waals surface area contributed by atoms with E-state index in [4.69, 9.17) is 0 Å². The summed E-state index contributed by atoms with van der Waals surface area (Å²) >= 11 is 0. The third-order valence-corrected chi connectivity index (χ3v) is 3.87. The molecule has 0 aliphatic heterocycles. The minimum Gasteiger partial charge on any atom is -0.380 e. The fourth-order valence-electron chi connectivity index (χ4n) is 2.39. The average Bonchev–Trinajstić information content (AvgIpc) is 2.68.